The summed E-state index contributed by atoms with van der Waals surface area (Å²) >= 11 is 0. The summed E-state index contributed by atoms with van der Waals surface area (Å²) in [6.07, 6.45) is 2.47. The lowest BCUT2D eigenvalue weighted by atomic mass is 9.98. The van der Waals surface area contributed by atoms with Gasteiger partial charge in [-0.1, -0.05) is 26.0 Å². The molecular weight excluding hydrogens is 210 g/mol. The van der Waals surface area contributed by atoms with E-state index in [0.29, 0.717) is 0 Å². The van der Waals surface area contributed by atoms with Crippen LogP contribution in [-0.2, 0) is 6.42 Å². The molecular formula is C13H15F2O. The maximum Gasteiger partial charge on any atom is 0.387 e. The number of allylic oxidation sites excluding steroid dienone is 1. The van der Waals surface area contributed by atoms with Gasteiger partial charge < -0.3 is 4.74 Å². The lowest BCUT2D eigenvalue weighted by Gasteiger charge is -2.12. The summed E-state index contributed by atoms with van der Waals surface area (Å²) in [5.74, 6) is 1.14. The van der Waals surface area contributed by atoms with Crippen molar-refractivity contribution in [1.29, 1.82) is 0 Å². The first-order valence-electron chi connectivity index (χ1n) is 5.12. The minimum absolute atomic E-state index is 0.200. The molecule has 0 saturated carbocycles. The maximum absolute atomic E-state index is 12.1. The van der Waals surface area contributed by atoms with Gasteiger partial charge in [0.15, 0.2) is 0 Å². The Morgan fingerprint density at radius 3 is 2.62 bits per heavy atom. The molecule has 1 aromatic rings. The molecule has 1 radical (unpaired) electrons. The van der Waals surface area contributed by atoms with Gasteiger partial charge in [-0.15, -0.1) is 6.58 Å². The normalized spacial score (nSPS) is 10.9. The van der Waals surface area contributed by atoms with Gasteiger partial charge in [0, 0.05) is 5.92 Å². The van der Waals surface area contributed by atoms with E-state index in [1.165, 1.54) is 0 Å². The molecule has 0 spiro atoms. The molecule has 0 fully saturated rings. The molecule has 0 heterocycles. The molecule has 0 aliphatic heterocycles. The number of benzene rings is 1. The number of hydrogen-bond donors (Lipinski definition) is 0. The van der Waals surface area contributed by atoms with Crippen molar-refractivity contribution in [3.63, 3.8) is 0 Å². The molecule has 0 unspecified atom stereocenters. The van der Waals surface area contributed by atoms with Crippen LogP contribution in [0, 0.1) is 5.92 Å². The molecule has 0 saturated heterocycles. The molecule has 3 heteroatoms. The van der Waals surface area contributed by atoms with E-state index in [1.807, 2.05) is 19.9 Å². The van der Waals surface area contributed by atoms with Crippen LogP contribution >= 0.6 is 0 Å². The van der Waals surface area contributed by atoms with Gasteiger partial charge in [-0.25, -0.2) is 0 Å². The topological polar surface area (TPSA) is 9.23 Å². The Hall–Kier alpha value is -1.38. The quantitative estimate of drug-likeness (QED) is 0.736. The Labute approximate surface area is 94.7 Å². The molecule has 0 aliphatic carbocycles. The van der Waals surface area contributed by atoms with Gasteiger partial charge in [0.2, 0.25) is 0 Å². The van der Waals surface area contributed by atoms with E-state index in [0.717, 1.165) is 23.5 Å². The summed E-state index contributed by atoms with van der Waals surface area (Å²) in [6.45, 7) is 4.72. The third-order valence-corrected chi connectivity index (χ3v) is 2.36. The van der Waals surface area contributed by atoms with Crippen molar-refractivity contribution in [3.8, 4) is 5.75 Å². The van der Waals surface area contributed by atoms with Crippen LogP contribution in [0.4, 0.5) is 8.78 Å². The highest BCUT2D eigenvalue weighted by atomic mass is 19.3. The van der Waals surface area contributed by atoms with E-state index in [4.69, 9.17) is 0 Å². The van der Waals surface area contributed by atoms with Crippen molar-refractivity contribution in [2.45, 2.75) is 26.9 Å². The average molecular weight is 225 g/mol. The molecule has 0 N–H and O–H groups in total. The van der Waals surface area contributed by atoms with Crippen LogP contribution in [0.5, 0.6) is 5.75 Å². The van der Waals surface area contributed by atoms with E-state index in [-0.39, 0.29) is 5.75 Å². The summed E-state index contributed by atoms with van der Waals surface area (Å²) in [7, 11) is 0. The van der Waals surface area contributed by atoms with Crippen molar-refractivity contribution in [2.24, 2.45) is 0 Å². The molecule has 87 valence electrons. The number of ether oxygens (including phenoxy) is 1. The molecule has 0 aliphatic rings. The first kappa shape index (κ1) is 12.7. The SMILES string of the molecule is C=C[C](C)c1cc(CC)cc(OC(F)F)c1. The number of aryl methyl sites for hydroxylation is 1. The van der Waals surface area contributed by atoms with Gasteiger partial charge in [0.1, 0.15) is 5.75 Å². The zero-order valence-electron chi connectivity index (χ0n) is 9.47. The van der Waals surface area contributed by atoms with Crippen LogP contribution in [-0.4, -0.2) is 6.61 Å². The second-order valence-electron chi connectivity index (χ2n) is 3.48. The Morgan fingerprint density at radius 2 is 2.12 bits per heavy atom. The van der Waals surface area contributed by atoms with E-state index < -0.39 is 6.61 Å². The fourth-order valence-electron chi connectivity index (χ4n) is 1.38. The summed E-state index contributed by atoms with van der Waals surface area (Å²) < 4.78 is 28.7. The minimum Gasteiger partial charge on any atom is -0.435 e. The van der Waals surface area contributed by atoms with Gasteiger partial charge in [0.25, 0.3) is 0 Å². The van der Waals surface area contributed by atoms with Crippen LogP contribution in [0.15, 0.2) is 30.9 Å². The molecule has 0 atom stereocenters. The van der Waals surface area contributed by atoms with Crippen LogP contribution in [0.3, 0.4) is 0 Å². The summed E-state index contributed by atoms with van der Waals surface area (Å²) in [4.78, 5) is 0. The van der Waals surface area contributed by atoms with Crippen LogP contribution in [0.2, 0.25) is 0 Å². The molecule has 0 amide bonds. The van der Waals surface area contributed by atoms with Crippen LogP contribution in [0.1, 0.15) is 25.0 Å². The molecule has 1 nitrogen and oxygen atoms in total. The maximum atomic E-state index is 12.1. The molecule has 16 heavy (non-hydrogen) atoms. The zero-order chi connectivity index (χ0) is 12.1. The standard InChI is InChI=1S/C13H15F2O/c1-4-9(3)11-6-10(5-2)7-12(8-11)16-13(14)15/h4,6-8,13H,1,5H2,2-3H3. The molecule has 1 aromatic carbocycles. The van der Waals surface area contributed by atoms with Gasteiger partial charge in [-0.05, 0) is 29.7 Å². The van der Waals surface area contributed by atoms with Crippen molar-refractivity contribution in [2.75, 3.05) is 0 Å². The van der Waals surface area contributed by atoms with Crippen molar-refractivity contribution in [3.05, 3.63) is 47.9 Å². The fourth-order valence-corrected chi connectivity index (χ4v) is 1.38. The number of hydrogen-bond acceptors (Lipinski definition) is 1. The summed E-state index contributed by atoms with van der Waals surface area (Å²) in [5, 5.41) is 0. The summed E-state index contributed by atoms with van der Waals surface area (Å²) in [5.41, 5.74) is 1.83. The van der Waals surface area contributed by atoms with Crippen molar-refractivity contribution in [1.82, 2.24) is 0 Å². The highest BCUT2D eigenvalue weighted by Crippen LogP contribution is 2.24. The first-order chi connectivity index (χ1) is 7.56. The Morgan fingerprint density at radius 1 is 1.44 bits per heavy atom. The van der Waals surface area contributed by atoms with Gasteiger partial charge in [0.05, 0.1) is 0 Å². The van der Waals surface area contributed by atoms with Gasteiger partial charge >= 0.3 is 6.61 Å². The lowest BCUT2D eigenvalue weighted by Crippen LogP contribution is -2.03. The monoisotopic (exact) mass is 225 g/mol. The summed E-state index contributed by atoms with van der Waals surface area (Å²) in [6, 6.07) is 5.18. The highest BCUT2D eigenvalue weighted by Gasteiger charge is 2.09. The Bertz CT molecular complexity index is 361. The van der Waals surface area contributed by atoms with Crippen LogP contribution in [0.25, 0.3) is 0 Å². The third kappa shape index (κ3) is 3.33. The van der Waals surface area contributed by atoms with Crippen molar-refractivity contribution < 1.29 is 13.5 Å². The van der Waals surface area contributed by atoms with E-state index in [2.05, 4.69) is 11.3 Å². The molecule has 0 aromatic heterocycles. The second-order valence-corrected chi connectivity index (χ2v) is 3.48. The Balaban J connectivity index is 3.05. The fraction of sp³-hybridized carbons (Fsp3) is 0.308. The van der Waals surface area contributed by atoms with Crippen LogP contribution < -0.4 is 4.74 Å². The van der Waals surface area contributed by atoms with Crippen molar-refractivity contribution >= 4 is 0 Å². The van der Waals surface area contributed by atoms with E-state index >= 15 is 0 Å². The lowest BCUT2D eigenvalue weighted by molar-refractivity contribution is -0.0499. The molecule has 0 bridgehead atoms. The van der Waals surface area contributed by atoms with E-state index in [1.54, 1.807) is 18.2 Å². The van der Waals surface area contributed by atoms with E-state index in [9.17, 15) is 8.78 Å². The number of rotatable bonds is 5. The molecule has 1 rings (SSSR count). The second kappa shape index (κ2) is 5.64. The smallest absolute Gasteiger partial charge is 0.387 e. The zero-order valence-corrected chi connectivity index (χ0v) is 9.47. The first-order valence-corrected chi connectivity index (χ1v) is 5.12. The highest BCUT2D eigenvalue weighted by molar-refractivity contribution is 5.43. The minimum atomic E-state index is -2.79. The third-order valence-electron chi connectivity index (χ3n) is 2.36. The van der Waals surface area contributed by atoms with Gasteiger partial charge in [-0.3, -0.25) is 0 Å². The average Bonchev–Trinajstić information content (AvgIpc) is 2.26. The largest absolute Gasteiger partial charge is 0.435 e. The predicted molar refractivity (Wildman–Crippen MR) is 60.7 cm³/mol. The number of halogens is 2. The predicted octanol–water partition coefficient (Wildman–Crippen LogP) is 3.98. The van der Waals surface area contributed by atoms with Gasteiger partial charge in [-0.2, -0.15) is 8.78 Å². The Kier molecular flexibility index (Phi) is 4.47. The number of alkyl halides is 2.